The second-order valence-electron chi connectivity index (χ2n) is 2.74. The van der Waals surface area contributed by atoms with Gasteiger partial charge >= 0.3 is 0 Å². The minimum Gasteiger partial charge on any atom is -0.395 e. The molecule has 1 aliphatic heterocycles. The maximum atomic E-state index is 10.4. The molecule has 0 saturated carbocycles. The van der Waals surface area contributed by atoms with Gasteiger partial charge in [-0.3, -0.25) is 4.90 Å². The van der Waals surface area contributed by atoms with Crippen LogP contribution in [0.15, 0.2) is 0 Å². The van der Waals surface area contributed by atoms with Crippen molar-refractivity contribution in [3.8, 4) is 0 Å². The van der Waals surface area contributed by atoms with Crippen molar-refractivity contribution in [2.24, 2.45) is 0 Å². The molecule has 1 aliphatic rings. The zero-order chi connectivity index (χ0) is 8.27. The fraction of sp³-hybridized carbons (Fsp3) is 0.857. The number of morpholine rings is 1. The van der Waals surface area contributed by atoms with Crippen molar-refractivity contribution in [3.05, 3.63) is 0 Å². The predicted molar refractivity (Wildman–Crippen MR) is 39.3 cm³/mol. The van der Waals surface area contributed by atoms with Crippen molar-refractivity contribution in [2.75, 3.05) is 26.9 Å². The lowest BCUT2D eigenvalue weighted by molar-refractivity contribution is -0.121. The van der Waals surface area contributed by atoms with E-state index in [1.54, 1.807) is 0 Å². The molecule has 1 heterocycles. The number of carbonyl (C=O) groups is 1. The molecule has 4 heteroatoms. The van der Waals surface area contributed by atoms with Gasteiger partial charge in [-0.1, -0.05) is 0 Å². The molecule has 0 amide bonds. The van der Waals surface area contributed by atoms with E-state index in [9.17, 15) is 4.79 Å². The summed E-state index contributed by atoms with van der Waals surface area (Å²) in [6, 6.07) is -0.222. The molecule has 64 valence electrons. The van der Waals surface area contributed by atoms with E-state index in [1.807, 2.05) is 11.9 Å². The smallest absolute Gasteiger partial charge is 0.139 e. The number of hydrogen-bond acceptors (Lipinski definition) is 4. The molecular formula is C7H13NO3. The Morgan fingerprint density at radius 3 is 3.00 bits per heavy atom. The summed E-state index contributed by atoms with van der Waals surface area (Å²) >= 11 is 0. The van der Waals surface area contributed by atoms with Crippen molar-refractivity contribution in [1.82, 2.24) is 4.90 Å². The maximum Gasteiger partial charge on any atom is 0.139 e. The van der Waals surface area contributed by atoms with E-state index >= 15 is 0 Å². The first-order chi connectivity index (χ1) is 5.29. The molecule has 2 unspecified atom stereocenters. The summed E-state index contributed by atoms with van der Waals surface area (Å²) in [7, 11) is 1.82. The number of aliphatic hydroxyl groups excluding tert-OH is 1. The standard InChI is InChI=1S/C7H13NO3/c1-8-6(2-9)4-11-5-7(8)3-10/h2,6-7,10H,3-5H2,1H3. The number of aldehydes is 1. The Morgan fingerprint density at radius 1 is 1.73 bits per heavy atom. The molecule has 0 radical (unpaired) electrons. The molecule has 0 aliphatic carbocycles. The molecule has 0 aromatic heterocycles. The lowest BCUT2D eigenvalue weighted by Crippen LogP contribution is -2.52. The van der Waals surface area contributed by atoms with Gasteiger partial charge in [0.15, 0.2) is 0 Å². The molecule has 1 fully saturated rings. The number of likely N-dealkylation sites (N-methyl/N-ethyl adjacent to an activating group) is 1. The Bertz CT molecular complexity index is 140. The van der Waals surface area contributed by atoms with Gasteiger partial charge in [0, 0.05) is 0 Å². The number of ether oxygens (including phenoxy) is 1. The third-order valence-corrected chi connectivity index (χ3v) is 2.07. The van der Waals surface area contributed by atoms with Gasteiger partial charge in [0.1, 0.15) is 6.29 Å². The summed E-state index contributed by atoms with van der Waals surface area (Å²) in [6.07, 6.45) is 0.849. The van der Waals surface area contributed by atoms with Crippen LogP contribution in [0.1, 0.15) is 0 Å². The second kappa shape index (κ2) is 3.80. The van der Waals surface area contributed by atoms with Crippen LogP contribution in [-0.4, -0.2) is 55.2 Å². The zero-order valence-electron chi connectivity index (χ0n) is 6.56. The number of aliphatic hydroxyl groups is 1. The van der Waals surface area contributed by atoms with E-state index in [1.165, 1.54) is 0 Å². The van der Waals surface area contributed by atoms with Gasteiger partial charge in [-0.25, -0.2) is 0 Å². The first kappa shape index (κ1) is 8.64. The van der Waals surface area contributed by atoms with Crippen LogP contribution < -0.4 is 0 Å². The highest BCUT2D eigenvalue weighted by Crippen LogP contribution is 2.08. The topological polar surface area (TPSA) is 49.8 Å². The van der Waals surface area contributed by atoms with E-state index < -0.39 is 0 Å². The predicted octanol–water partition coefficient (Wildman–Crippen LogP) is -1.12. The Kier molecular flexibility index (Phi) is 2.99. The van der Waals surface area contributed by atoms with Crippen LogP contribution in [0.25, 0.3) is 0 Å². The molecule has 0 aromatic rings. The molecule has 1 saturated heterocycles. The molecule has 2 atom stereocenters. The fourth-order valence-electron chi connectivity index (χ4n) is 1.15. The summed E-state index contributed by atoms with van der Waals surface area (Å²) in [5.74, 6) is 0. The highest BCUT2D eigenvalue weighted by Gasteiger charge is 2.26. The van der Waals surface area contributed by atoms with Crippen LogP contribution in [0.4, 0.5) is 0 Å². The first-order valence-corrected chi connectivity index (χ1v) is 3.65. The highest BCUT2D eigenvalue weighted by molar-refractivity contribution is 5.58. The van der Waals surface area contributed by atoms with Gasteiger partial charge in [-0.15, -0.1) is 0 Å². The lowest BCUT2D eigenvalue weighted by Gasteiger charge is -2.35. The molecular weight excluding hydrogens is 146 g/mol. The molecule has 0 bridgehead atoms. The number of carbonyl (C=O) groups excluding carboxylic acids is 1. The van der Waals surface area contributed by atoms with E-state index in [0.717, 1.165) is 6.29 Å². The van der Waals surface area contributed by atoms with Crippen LogP contribution in [-0.2, 0) is 9.53 Å². The minimum absolute atomic E-state index is 0.0288. The van der Waals surface area contributed by atoms with Crippen molar-refractivity contribution < 1.29 is 14.6 Å². The van der Waals surface area contributed by atoms with Crippen LogP contribution in [0, 0.1) is 0 Å². The zero-order valence-corrected chi connectivity index (χ0v) is 6.56. The second-order valence-corrected chi connectivity index (χ2v) is 2.74. The summed E-state index contributed by atoms with van der Waals surface area (Å²) in [4.78, 5) is 12.3. The van der Waals surface area contributed by atoms with Gasteiger partial charge in [0.25, 0.3) is 0 Å². The highest BCUT2D eigenvalue weighted by atomic mass is 16.5. The Hall–Kier alpha value is -0.450. The third kappa shape index (κ3) is 1.77. The van der Waals surface area contributed by atoms with Gasteiger partial charge in [0.2, 0.25) is 0 Å². The first-order valence-electron chi connectivity index (χ1n) is 3.65. The fourth-order valence-corrected chi connectivity index (χ4v) is 1.15. The Morgan fingerprint density at radius 2 is 2.45 bits per heavy atom. The van der Waals surface area contributed by atoms with E-state index in [4.69, 9.17) is 9.84 Å². The number of hydrogen-bond donors (Lipinski definition) is 1. The van der Waals surface area contributed by atoms with Crippen LogP contribution >= 0.6 is 0 Å². The summed E-state index contributed by atoms with van der Waals surface area (Å²) in [5.41, 5.74) is 0. The number of rotatable bonds is 2. The summed E-state index contributed by atoms with van der Waals surface area (Å²) < 4.78 is 5.11. The van der Waals surface area contributed by atoms with Crippen molar-refractivity contribution in [1.29, 1.82) is 0 Å². The molecule has 11 heavy (non-hydrogen) atoms. The van der Waals surface area contributed by atoms with E-state index in [2.05, 4.69) is 0 Å². The minimum atomic E-state index is -0.194. The van der Waals surface area contributed by atoms with Gasteiger partial charge in [0.05, 0.1) is 31.9 Å². The third-order valence-electron chi connectivity index (χ3n) is 2.07. The normalized spacial score (nSPS) is 33.6. The van der Waals surface area contributed by atoms with Crippen molar-refractivity contribution in [3.63, 3.8) is 0 Å². The van der Waals surface area contributed by atoms with Gasteiger partial charge < -0.3 is 14.6 Å². The van der Waals surface area contributed by atoms with Gasteiger partial charge in [-0.2, -0.15) is 0 Å². The Labute approximate surface area is 65.8 Å². The SMILES string of the molecule is CN1C(C=O)COCC1CO. The van der Waals surface area contributed by atoms with Crippen molar-refractivity contribution >= 4 is 6.29 Å². The lowest BCUT2D eigenvalue weighted by atomic mass is 10.2. The maximum absolute atomic E-state index is 10.4. The van der Waals surface area contributed by atoms with Crippen molar-refractivity contribution in [2.45, 2.75) is 12.1 Å². The van der Waals surface area contributed by atoms with E-state index in [0.29, 0.717) is 13.2 Å². The van der Waals surface area contributed by atoms with E-state index in [-0.39, 0.29) is 18.7 Å². The Balaban J connectivity index is 2.51. The monoisotopic (exact) mass is 159 g/mol. The molecule has 1 rings (SSSR count). The average Bonchev–Trinajstić information content (AvgIpc) is 2.05. The van der Waals surface area contributed by atoms with Gasteiger partial charge in [-0.05, 0) is 7.05 Å². The van der Waals surface area contributed by atoms with Crippen LogP contribution in [0.2, 0.25) is 0 Å². The average molecular weight is 159 g/mol. The van der Waals surface area contributed by atoms with Crippen LogP contribution in [0.3, 0.4) is 0 Å². The van der Waals surface area contributed by atoms with Crippen LogP contribution in [0.5, 0.6) is 0 Å². The summed E-state index contributed by atoms with van der Waals surface area (Å²) in [5, 5.41) is 8.84. The number of nitrogens with zero attached hydrogens (tertiary/aromatic N) is 1. The summed E-state index contributed by atoms with van der Waals surface area (Å²) in [6.45, 7) is 0.995. The largest absolute Gasteiger partial charge is 0.395 e. The molecule has 1 N–H and O–H groups in total. The molecule has 0 aromatic carbocycles. The molecule has 0 spiro atoms. The molecule has 4 nitrogen and oxygen atoms in total. The quantitative estimate of drug-likeness (QED) is 0.518.